The van der Waals surface area contributed by atoms with Crippen LogP contribution in [0.4, 0.5) is 0 Å². The first-order valence-electron chi connectivity index (χ1n) is 20.8. The van der Waals surface area contributed by atoms with Crippen LogP contribution < -0.4 is 0 Å². The van der Waals surface area contributed by atoms with E-state index in [0.29, 0.717) is 11.6 Å². The van der Waals surface area contributed by atoms with E-state index in [1.54, 1.807) is 5.56 Å². The maximum atomic E-state index is 5.05. The average Bonchev–Trinajstić information content (AvgIpc) is 3.45. The number of nitrogens with zero attached hydrogens (tertiary/aromatic N) is 4. The van der Waals surface area contributed by atoms with E-state index in [1.807, 2.05) is 24.4 Å². The first-order chi connectivity index (χ1) is 25.8. The fourth-order valence-corrected chi connectivity index (χ4v) is 8.17. The number of hydrogen-bond acceptors (Lipinski definition) is 4. The summed E-state index contributed by atoms with van der Waals surface area (Å²) in [5.74, 6) is 2.12. The van der Waals surface area contributed by atoms with Gasteiger partial charge in [0.15, 0.2) is 11.6 Å². The smallest absolute Gasteiger partial charge is 0.165 e. The molecular weight excluding hydrogens is 837 g/mol. The molecule has 2 heterocycles. The van der Waals surface area contributed by atoms with Crippen LogP contribution >= 0.6 is 0 Å². The summed E-state index contributed by atoms with van der Waals surface area (Å²) in [6, 6.07) is 30.1. The third kappa shape index (κ3) is 9.63. The SMILES string of the molecule is CCCCCCCCC1(CCCCCCCC)c2cc(-c3ccc(-c4nc(-c5ccccc5)nc(C(C)(C)C)n4)cn3)[c-]cc2-c2ccc(CC)cc21.[Ir]. The van der Waals surface area contributed by atoms with Gasteiger partial charge < -0.3 is 4.98 Å². The van der Waals surface area contributed by atoms with Gasteiger partial charge in [-0.25, -0.2) is 15.0 Å². The second kappa shape index (κ2) is 19.4. The molecule has 54 heavy (non-hydrogen) atoms. The van der Waals surface area contributed by atoms with Gasteiger partial charge in [0.2, 0.25) is 0 Å². The van der Waals surface area contributed by atoms with Crippen molar-refractivity contribution in [2.75, 3.05) is 0 Å². The predicted molar refractivity (Wildman–Crippen MR) is 223 cm³/mol. The van der Waals surface area contributed by atoms with Crippen LogP contribution in [-0.2, 0) is 37.4 Å². The molecule has 1 radical (unpaired) electrons. The minimum absolute atomic E-state index is 0. The summed E-state index contributed by atoms with van der Waals surface area (Å²) in [6.07, 6.45) is 21.2. The standard InChI is InChI=1S/C49H61N4.Ir/c1-7-10-12-14-16-21-31-49(32-22-17-15-13-11-8-2)42-33-36(9-3)25-28-40(42)41-29-26-38(34-43(41)49)44-30-27-39(35-50-44)46-51-45(37-23-19-18-20-24-37)52-47(53-46)48(4,5)6;/h18-20,23-25,27-30,33-35H,7-17,21-22,31-32H2,1-6H3;/q-1;. The molecular formula is C49H61IrN4-. The summed E-state index contributed by atoms with van der Waals surface area (Å²) in [5.41, 5.74) is 10.9. The van der Waals surface area contributed by atoms with E-state index in [2.05, 4.69) is 102 Å². The third-order valence-electron chi connectivity index (χ3n) is 11.3. The minimum Gasteiger partial charge on any atom is -0.304 e. The number of unbranched alkanes of at least 4 members (excludes halogenated alkanes) is 10. The Bertz CT molecular complexity index is 1910. The molecule has 5 aromatic rings. The quantitative estimate of drug-likeness (QED) is 0.0649. The first-order valence-corrected chi connectivity index (χ1v) is 20.8. The normalized spacial score (nSPS) is 13.0. The van der Waals surface area contributed by atoms with Gasteiger partial charge in [0.1, 0.15) is 5.82 Å². The third-order valence-corrected chi connectivity index (χ3v) is 11.3. The Morgan fingerprint density at radius 2 is 1.22 bits per heavy atom. The van der Waals surface area contributed by atoms with Crippen LogP contribution in [0.15, 0.2) is 79.0 Å². The number of aryl methyl sites for hydroxylation is 1. The van der Waals surface area contributed by atoms with Gasteiger partial charge in [-0.2, -0.15) is 0 Å². The van der Waals surface area contributed by atoms with Gasteiger partial charge in [0, 0.05) is 48.3 Å². The van der Waals surface area contributed by atoms with Crippen molar-refractivity contribution in [3.63, 3.8) is 0 Å². The van der Waals surface area contributed by atoms with Crippen molar-refractivity contribution in [3.8, 4) is 45.2 Å². The largest absolute Gasteiger partial charge is 0.304 e. The molecule has 0 atom stereocenters. The van der Waals surface area contributed by atoms with Crippen molar-refractivity contribution in [1.82, 2.24) is 19.9 Å². The molecule has 5 heteroatoms. The summed E-state index contributed by atoms with van der Waals surface area (Å²) in [4.78, 5) is 19.8. The molecule has 1 aliphatic rings. The number of pyridine rings is 1. The molecule has 0 spiro atoms. The van der Waals surface area contributed by atoms with Gasteiger partial charge in [0.05, 0.1) is 0 Å². The van der Waals surface area contributed by atoms with Crippen molar-refractivity contribution in [1.29, 1.82) is 0 Å². The number of aromatic nitrogens is 4. The molecule has 0 fully saturated rings. The van der Waals surface area contributed by atoms with E-state index >= 15 is 0 Å². The summed E-state index contributed by atoms with van der Waals surface area (Å²) in [5, 5.41) is 0. The molecule has 1 aliphatic carbocycles. The molecule has 0 saturated carbocycles. The van der Waals surface area contributed by atoms with Crippen LogP contribution in [0.5, 0.6) is 0 Å². The van der Waals surface area contributed by atoms with Gasteiger partial charge in [0.25, 0.3) is 0 Å². The Morgan fingerprint density at radius 1 is 0.611 bits per heavy atom. The number of rotatable bonds is 18. The number of hydrogen-bond donors (Lipinski definition) is 0. The van der Waals surface area contributed by atoms with Gasteiger partial charge in [-0.3, -0.25) is 0 Å². The number of fused-ring (bicyclic) bond motifs is 3. The second-order valence-corrected chi connectivity index (χ2v) is 16.4. The van der Waals surface area contributed by atoms with Crippen molar-refractivity contribution >= 4 is 0 Å². The van der Waals surface area contributed by atoms with Gasteiger partial charge >= 0.3 is 0 Å². The van der Waals surface area contributed by atoms with Crippen LogP contribution in [-0.4, -0.2) is 19.9 Å². The number of benzene rings is 3. The van der Waals surface area contributed by atoms with E-state index < -0.39 is 0 Å². The summed E-state index contributed by atoms with van der Waals surface area (Å²) >= 11 is 0. The maximum Gasteiger partial charge on any atom is 0.165 e. The fourth-order valence-electron chi connectivity index (χ4n) is 8.17. The average molecular weight is 898 g/mol. The molecule has 3 aromatic carbocycles. The zero-order chi connectivity index (χ0) is 37.3. The minimum atomic E-state index is -0.221. The summed E-state index contributed by atoms with van der Waals surface area (Å²) in [6.45, 7) is 13.3. The maximum absolute atomic E-state index is 5.05. The Kier molecular flexibility index (Phi) is 14.9. The Labute approximate surface area is 339 Å². The van der Waals surface area contributed by atoms with Crippen LogP contribution in [0.1, 0.15) is 154 Å². The first kappa shape index (κ1) is 41.6. The van der Waals surface area contributed by atoms with E-state index in [-0.39, 0.29) is 30.9 Å². The molecule has 0 aliphatic heterocycles. The van der Waals surface area contributed by atoms with Crippen molar-refractivity contribution in [3.05, 3.63) is 108 Å². The summed E-state index contributed by atoms with van der Waals surface area (Å²) in [7, 11) is 0. The Hall–Kier alpha value is -3.53. The molecule has 0 saturated heterocycles. The summed E-state index contributed by atoms with van der Waals surface area (Å²) < 4.78 is 0. The van der Waals surface area contributed by atoms with Crippen molar-refractivity contribution in [2.45, 2.75) is 149 Å². The molecule has 4 nitrogen and oxygen atoms in total. The van der Waals surface area contributed by atoms with Crippen molar-refractivity contribution in [2.24, 2.45) is 0 Å². The van der Waals surface area contributed by atoms with Gasteiger partial charge in [-0.15, -0.1) is 29.3 Å². The van der Waals surface area contributed by atoms with Crippen molar-refractivity contribution < 1.29 is 20.1 Å². The molecule has 287 valence electrons. The van der Waals surface area contributed by atoms with Crippen LogP contribution in [0.3, 0.4) is 0 Å². The Balaban J connectivity index is 0.00000561. The predicted octanol–water partition coefficient (Wildman–Crippen LogP) is 13.7. The van der Waals surface area contributed by atoms with Crippen LogP contribution in [0, 0.1) is 6.07 Å². The molecule has 0 bridgehead atoms. The Morgan fingerprint density at radius 3 is 1.81 bits per heavy atom. The molecule has 2 aromatic heterocycles. The van der Waals surface area contributed by atoms with E-state index in [9.17, 15) is 0 Å². The zero-order valence-corrected chi connectivity index (χ0v) is 36.1. The van der Waals surface area contributed by atoms with E-state index in [1.165, 1.54) is 112 Å². The molecule has 0 unspecified atom stereocenters. The molecule has 0 amide bonds. The fraction of sp³-hybridized carbons (Fsp3) is 0.469. The monoisotopic (exact) mass is 898 g/mol. The molecule has 0 N–H and O–H groups in total. The zero-order valence-electron chi connectivity index (χ0n) is 33.7. The molecule has 6 rings (SSSR count). The van der Waals surface area contributed by atoms with E-state index in [0.717, 1.165) is 34.6 Å². The van der Waals surface area contributed by atoms with Crippen LogP contribution in [0.2, 0.25) is 0 Å². The van der Waals surface area contributed by atoms with Crippen LogP contribution in [0.25, 0.3) is 45.2 Å². The second-order valence-electron chi connectivity index (χ2n) is 16.4. The topological polar surface area (TPSA) is 51.6 Å². The van der Waals surface area contributed by atoms with Gasteiger partial charge in [-0.05, 0) is 36.1 Å². The van der Waals surface area contributed by atoms with E-state index in [4.69, 9.17) is 19.9 Å². The van der Waals surface area contributed by atoms with Gasteiger partial charge in [-0.1, -0.05) is 190 Å².